The summed E-state index contributed by atoms with van der Waals surface area (Å²) in [6, 6.07) is 12.4. The van der Waals surface area contributed by atoms with E-state index in [-0.39, 0.29) is 27.9 Å². The molecule has 4 aromatic rings. The van der Waals surface area contributed by atoms with Crippen LogP contribution in [-0.4, -0.2) is 59.7 Å². The van der Waals surface area contributed by atoms with Gasteiger partial charge >= 0.3 is 5.97 Å². The van der Waals surface area contributed by atoms with Crippen molar-refractivity contribution in [3.8, 4) is 11.5 Å². The Balaban J connectivity index is 0.000000996. The molecule has 2 N–H and O–H groups in total. The van der Waals surface area contributed by atoms with Gasteiger partial charge in [-0.05, 0) is 43.7 Å². The average molecular weight is 609 g/mol. The predicted molar refractivity (Wildman–Crippen MR) is 156 cm³/mol. The van der Waals surface area contributed by atoms with Crippen LogP contribution in [0.25, 0.3) is 11.0 Å². The zero-order valence-electron chi connectivity index (χ0n) is 23.9. The number of Topliss-reactive ketones (excluding diaryl/α,β-unsaturated/α-hetero) is 1. The fourth-order valence-corrected chi connectivity index (χ4v) is 5.46. The Labute approximate surface area is 249 Å². The van der Waals surface area contributed by atoms with Gasteiger partial charge in [0.25, 0.3) is 11.9 Å². The lowest BCUT2D eigenvalue weighted by molar-refractivity contribution is -0.134. The lowest BCUT2D eigenvalue weighted by atomic mass is 9.95. The number of fused-ring (bicyclic) bond motifs is 1. The maximum absolute atomic E-state index is 13.8. The summed E-state index contributed by atoms with van der Waals surface area (Å²) in [6.45, 7) is 4.55. The number of para-hydroxylation sites is 1. The molecule has 0 radical (unpaired) electrons. The zero-order valence-corrected chi connectivity index (χ0v) is 24.7. The number of aryl methyl sites for hydroxylation is 1. The molecule has 0 saturated heterocycles. The molecule has 3 heterocycles. The minimum atomic E-state index is -1.11. The van der Waals surface area contributed by atoms with Crippen molar-refractivity contribution in [3.63, 3.8) is 0 Å². The van der Waals surface area contributed by atoms with Gasteiger partial charge in [0, 0.05) is 12.3 Å². The zero-order chi connectivity index (χ0) is 31.4. The van der Waals surface area contributed by atoms with Gasteiger partial charge in [0.1, 0.15) is 10.5 Å². The Bertz CT molecular complexity index is 1720. The number of methoxy groups -OCH3 is 2. The van der Waals surface area contributed by atoms with Gasteiger partial charge in [0.05, 0.1) is 38.1 Å². The van der Waals surface area contributed by atoms with Gasteiger partial charge < -0.3 is 28.8 Å². The highest BCUT2D eigenvalue weighted by molar-refractivity contribution is 7.17. The van der Waals surface area contributed by atoms with Crippen LogP contribution in [0.1, 0.15) is 51.4 Å². The second-order valence-electron chi connectivity index (χ2n) is 9.08. The van der Waals surface area contributed by atoms with Crippen molar-refractivity contribution < 1.29 is 48.0 Å². The highest BCUT2D eigenvalue weighted by Crippen LogP contribution is 2.45. The molecule has 0 fully saturated rings. The minimum Gasteiger partial charge on any atom is -0.503 e. The molecule has 224 valence electrons. The van der Waals surface area contributed by atoms with Gasteiger partial charge in [-0.3, -0.25) is 19.3 Å². The largest absolute Gasteiger partial charge is 0.503 e. The lowest BCUT2D eigenvalue weighted by Gasteiger charge is -2.25. The maximum atomic E-state index is 13.8. The van der Waals surface area contributed by atoms with E-state index in [0.29, 0.717) is 33.7 Å². The number of aliphatic hydroxyl groups is 1. The van der Waals surface area contributed by atoms with E-state index in [1.165, 1.54) is 19.1 Å². The molecule has 2 aromatic heterocycles. The fraction of sp³-hybridized carbons (Fsp3) is 0.233. The third-order valence-corrected chi connectivity index (χ3v) is 7.41. The molecule has 13 heteroatoms. The standard InChI is InChI=1S/C28H24N2O8S.C2H4O2/c1-5-37-27(34)25-14(2)29-28(39-25)30-22(16-10-11-18(35-3)19(13-16)36-4)21(24(32)26(30)33)23(31)20-12-15-8-6-7-9-17(15)38-20;1-2(3)4/h6-13,22,32H,5H2,1-4H3;1H3,(H,3,4). The van der Waals surface area contributed by atoms with E-state index >= 15 is 0 Å². The number of hydrogen-bond acceptors (Lipinski definition) is 11. The summed E-state index contributed by atoms with van der Waals surface area (Å²) in [5.74, 6) is -2.93. The number of thiazole rings is 1. The third kappa shape index (κ3) is 6.06. The number of aliphatic hydroxyl groups excluding tert-OH is 1. The molecule has 1 unspecified atom stereocenters. The highest BCUT2D eigenvalue weighted by Gasteiger charge is 2.47. The minimum absolute atomic E-state index is 0.0413. The molecular weight excluding hydrogens is 580 g/mol. The number of benzene rings is 2. The van der Waals surface area contributed by atoms with Gasteiger partial charge in [-0.15, -0.1) is 0 Å². The number of ketones is 1. The molecule has 1 atom stereocenters. The monoisotopic (exact) mass is 608 g/mol. The summed E-state index contributed by atoms with van der Waals surface area (Å²) in [4.78, 5) is 54.7. The molecule has 0 spiro atoms. The number of aromatic nitrogens is 1. The second kappa shape index (κ2) is 12.8. The van der Waals surface area contributed by atoms with Crippen LogP contribution >= 0.6 is 11.3 Å². The maximum Gasteiger partial charge on any atom is 0.350 e. The first-order chi connectivity index (χ1) is 20.5. The molecule has 0 bridgehead atoms. The van der Waals surface area contributed by atoms with Crippen LogP contribution in [0.4, 0.5) is 5.13 Å². The van der Waals surface area contributed by atoms with Crippen molar-refractivity contribution in [2.45, 2.75) is 26.8 Å². The number of ether oxygens (including phenoxy) is 3. The Kier molecular flexibility index (Phi) is 9.15. The number of hydrogen-bond donors (Lipinski definition) is 2. The van der Waals surface area contributed by atoms with Crippen LogP contribution < -0.4 is 14.4 Å². The number of furan rings is 1. The molecule has 5 rings (SSSR count). The number of aliphatic carboxylic acids is 1. The number of carbonyl (C=O) groups is 4. The van der Waals surface area contributed by atoms with Gasteiger partial charge in [0.2, 0.25) is 5.78 Å². The topological polar surface area (TPSA) is 166 Å². The first kappa shape index (κ1) is 30.8. The van der Waals surface area contributed by atoms with Crippen LogP contribution in [0, 0.1) is 6.92 Å². The van der Waals surface area contributed by atoms with Crippen molar-refractivity contribution in [2.24, 2.45) is 0 Å². The molecule has 43 heavy (non-hydrogen) atoms. The molecule has 0 saturated carbocycles. The van der Waals surface area contributed by atoms with Crippen molar-refractivity contribution in [2.75, 3.05) is 25.7 Å². The van der Waals surface area contributed by atoms with E-state index in [1.54, 1.807) is 56.3 Å². The van der Waals surface area contributed by atoms with Crippen LogP contribution in [0.3, 0.4) is 0 Å². The van der Waals surface area contributed by atoms with Crippen molar-refractivity contribution in [3.05, 3.63) is 81.8 Å². The fourth-order valence-electron chi connectivity index (χ4n) is 4.47. The van der Waals surface area contributed by atoms with E-state index in [4.69, 9.17) is 28.5 Å². The number of amides is 1. The van der Waals surface area contributed by atoms with Crippen LogP contribution in [0.2, 0.25) is 0 Å². The van der Waals surface area contributed by atoms with Gasteiger partial charge in [-0.25, -0.2) is 9.78 Å². The normalized spacial score (nSPS) is 14.4. The van der Waals surface area contributed by atoms with E-state index in [2.05, 4.69) is 4.98 Å². The summed E-state index contributed by atoms with van der Waals surface area (Å²) < 4.78 is 21.7. The number of rotatable bonds is 8. The summed E-state index contributed by atoms with van der Waals surface area (Å²) >= 11 is 0.931. The first-order valence-corrected chi connectivity index (χ1v) is 13.7. The van der Waals surface area contributed by atoms with Crippen LogP contribution in [-0.2, 0) is 14.3 Å². The van der Waals surface area contributed by atoms with Gasteiger partial charge in [0.15, 0.2) is 28.1 Å². The summed E-state index contributed by atoms with van der Waals surface area (Å²) in [5.41, 5.74) is 1.08. The average Bonchev–Trinajstić information content (AvgIpc) is 3.66. The number of nitrogens with zero attached hydrogens (tertiary/aromatic N) is 2. The molecular formula is C30H28N2O10S. The SMILES string of the molecule is CC(=O)O.CCOC(=O)c1sc(N2C(=O)C(O)=C(C(=O)c3cc4ccccc4o3)C2c2ccc(OC)c(OC)c2)nc1C. The van der Waals surface area contributed by atoms with Crippen molar-refractivity contribution >= 4 is 51.1 Å². The molecule has 0 aliphatic carbocycles. The molecule has 1 aliphatic rings. The highest BCUT2D eigenvalue weighted by atomic mass is 32.1. The quantitative estimate of drug-likeness (QED) is 0.198. The lowest BCUT2D eigenvalue weighted by Crippen LogP contribution is -2.31. The van der Waals surface area contributed by atoms with E-state index in [0.717, 1.165) is 18.3 Å². The number of carboxylic acids is 1. The number of esters is 1. The molecule has 2 aromatic carbocycles. The third-order valence-electron chi connectivity index (χ3n) is 6.28. The van der Waals surface area contributed by atoms with Crippen LogP contribution in [0.15, 0.2) is 64.3 Å². The summed E-state index contributed by atoms with van der Waals surface area (Å²) in [6.07, 6.45) is 0. The molecule has 1 aliphatic heterocycles. The van der Waals surface area contributed by atoms with E-state index in [9.17, 15) is 19.5 Å². The van der Waals surface area contributed by atoms with Crippen LogP contribution in [0.5, 0.6) is 11.5 Å². The predicted octanol–water partition coefficient (Wildman–Crippen LogP) is 5.27. The second-order valence-corrected chi connectivity index (χ2v) is 10.1. The Hall–Kier alpha value is -5.17. The summed E-state index contributed by atoms with van der Waals surface area (Å²) in [5, 5.41) is 19.3. The number of carboxylic acid groups (broad SMARTS) is 1. The van der Waals surface area contributed by atoms with Crippen molar-refractivity contribution in [1.29, 1.82) is 0 Å². The smallest absolute Gasteiger partial charge is 0.350 e. The molecule has 1 amide bonds. The van der Waals surface area contributed by atoms with Gasteiger partial charge in [-0.2, -0.15) is 0 Å². The Morgan fingerprint density at radius 2 is 1.74 bits per heavy atom. The van der Waals surface area contributed by atoms with E-state index in [1.807, 2.05) is 6.07 Å². The van der Waals surface area contributed by atoms with Crippen molar-refractivity contribution in [1.82, 2.24) is 4.98 Å². The Morgan fingerprint density at radius 3 is 2.37 bits per heavy atom. The van der Waals surface area contributed by atoms with Gasteiger partial charge in [-0.1, -0.05) is 35.6 Å². The van der Waals surface area contributed by atoms with E-state index < -0.39 is 35.4 Å². The first-order valence-electron chi connectivity index (χ1n) is 12.9. The Morgan fingerprint density at radius 1 is 1.07 bits per heavy atom. The molecule has 12 nitrogen and oxygen atoms in total. The number of carbonyl (C=O) groups excluding carboxylic acids is 3. The summed E-state index contributed by atoms with van der Waals surface area (Å²) in [7, 11) is 2.95. The number of anilines is 1.